The average Bonchev–Trinajstić information content (AvgIpc) is 2.36. The van der Waals surface area contributed by atoms with Crippen LogP contribution in [0.5, 0.6) is 0 Å². The predicted molar refractivity (Wildman–Crippen MR) is 82.1 cm³/mol. The van der Waals surface area contributed by atoms with E-state index in [4.69, 9.17) is 0 Å². The van der Waals surface area contributed by atoms with Crippen molar-refractivity contribution >= 4 is 21.6 Å². The smallest absolute Gasteiger partial charge is 0.123 e. The molecule has 0 fully saturated rings. The van der Waals surface area contributed by atoms with Gasteiger partial charge in [0.05, 0.1) is 0 Å². The normalized spacial score (nSPS) is 12.2. The molecule has 0 radical (unpaired) electrons. The fourth-order valence-electron chi connectivity index (χ4n) is 2.08. The van der Waals surface area contributed by atoms with Gasteiger partial charge in [-0.15, -0.1) is 0 Å². The van der Waals surface area contributed by atoms with Crippen molar-refractivity contribution in [3.8, 4) is 0 Å². The van der Waals surface area contributed by atoms with E-state index in [2.05, 4.69) is 40.3 Å². The van der Waals surface area contributed by atoms with Gasteiger partial charge in [-0.2, -0.15) is 0 Å². The molecule has 19 heavy (non-hydrogen) atoms. The molecule has 1 N–H and O–H groups in total. The number of aryl methyl sites for hydroxylation is 1. The van der Waals surface area contributed by atoms with Gasteiger partial charge in [-0.05, 0) is 61.7 Å². The first-order chi connectivity index (χ1) is 9.04. The fourth-order valence-corrected chi connectivity index (χ4v) is 2.34. The van der Waals surface area contributed by atoms with Gasteiger partial charge in [-0.1, -0.05) is 28.1 Å². The minimum absolute atomic E-state index is 0.191. The van der Waals surface area contributed by atoms with Crippen LogP contribution in [0.25, 0.3) is 0 Å². The number of hydrogen-bond acceptors (Lipinski definition) is 1. The first-order valence-electron chi connectivity index (χ1n) is 6.32. The monoisotopic (exact) mass is 321 g/mol. The Hall–Kier alpha value is -1.35. The van der Waals surface area contributed by atoms with Crippen molar-refractivity contribution in [1.82, 2.24) is 0 Å². The standard InChI is InChI=1S/C16H17BrFN/c1-11-9-15(18)7-8-16(11)19-12(2)10-13-3-5-14(17)6-4-13/h3-9,12,19H,10H2,1-2H3. The van der Waals surface area contributed by atoms with E-state index in [0.717, 1.165) is 22.1 Å². The van der Waals surface area contributed by atoms with Crippen molar-refractivity contribution in [1.29, 1.82) is 0 Å². The zero-order valence-electron chi connectivity index (χ0n) is 11.1. The Morgan fingerprint density at radius 2 is 1.84 bits per heavy atom. The molecule has 0 aliphatic heterocycles. The summed E-state index contributed by atoms with van der Waals surface area (Å²) in [6, 6.07) is 13.4. The molecule has 0 saturated carbocycles. The summed E-state index contributed by atoms with van der Waals surface area (Å²) in [6.07, 6.45) is 0.935. The first kappa shape index (κ1) is 14.1. The predicted octanol–water partition coefficient (Wildman–Crippen LogP) is 4.94. The van der Waals surface area contributed by atoms with Gasteiger partial charge in [-0.3, -0.25) is 0 Å². The van der Waals surface area contributed by atoms with E-state index >= 15 is 0 Å². The van der Waals surface area contributed by atoms with E-state index in [1.165, 1.54) is 11.6 Å². The zero-order chi connectivity index (χ0) is 13.8. The Kier molecular flexibility index (Phi) is 4.59. The van der Waals surface area contributed by atoms with Crippen LogP contribution in [0.3, 0.4) is 0 Å². The molecule has 0 bridgehead atoms. The minimum Gasteiger partial charge on any atom is -0.382 e. The average molecular weight is 322 g/mol. The van der Waals surface area contributed by atoms with Gasteiger partial charge in [0.25, 0.3) is 0 Å². The van der Waals surface area contributed by atoms with Crippen molar-refractivity contribution in [2.75, 3.05) is 5.32 Å². The maximum Gasteiger partial charge on any atom is 0.123 e. The van der Waals surface area contributed by atoms with E-state index in [1.807, 2.05) is 19.1 Å². The molecule has 0 spiro atoms. The van der Waals surface area contributed by atoms with E-state index in [1.54, 1.807) is 12.1 Å². The topological polar surface area (TPSA) is 12.0 Å². The lowest BCUT2D eigenvalue weighted by atomic mass is 10.1. The lowest BCUT2D eigenvalue weighted by molar-refractivity contribution is 0.626. The van der Waals surface area contributed by atoms with Gasteiger partial charge in [0.1, 0.15) is 5.82 Å². The molecule has 0 heterocycles. The summed E-state index contributed by atoms with van der Waals surface area (Å²) in [5, 5.41) is 3.42. The van der Waals surface area contributed by atoms with E-state index in [0.29, 0.717) is 6.04 Å². The summed E-state index contributed by atoms with van der Waals surface area (Å²) < 4.78 is 14.1. The lowest BCUT2D eigenvalue weighted by Gasteiger charge is -2.17. The van der Waals surface area contributed by atoms with Crippen molar-refractivity contribution in [3.05, 3.63) is 63.9 Å². The maximum absolute atomic E-state index is 13.0. The first-order valence-corrected chi connectivity index (χ1v) is 7.11. The van der Waals surface area contributed by atoms with E-state index < -0.39 is 0 Å². The van der Waals surface area contributed by atoms with E-state index in [-0.39, 0.29) is 5.82 Å². The molecule has 0 saturated heterocycles. The summed E-state index contributed by atoms with van der Waals surface area (Å²) in [5.74, 6) is -0.191. The Balaban J connectivity index is 2.01. The number of anilines is 1. The number of nitrogens with one attached hydrogen (secondary N) is 1. The fraction of sp³-hybridized carbons (Fsp3) is 0.250. The summed E-state index contributed by atoms with van der Waals surface area (Å²) in [5.41, 5.74) is 3.21. The molecular formula is C16H17BrFN. The quantitative estimate of drug-likeness (QED) is 0.841. The van der Waals surface area contributed by atoms with Crippen LogP contribution in [-0.4, -0.2) is 6.04 Å². The van der Waals surface area contributed by atoms with Crippen LogP contribution in [0.15, 0.2) is 46.9 Å². The minimum atomic E-state index is -0.191. The molecule has 2 aromatic carbocycles. The van der Waals surface area contributed by atoms with Crippen LogP contribution in [0.1, 0.15) is 18.1 Å². The summed E-state index contributed by atoms with van der Waals surface area (Å²) in [7, 11) is 0. The molecule has 1 nitrogen and oxygen atoms in total. The van der Waals surface area contributed by atoms with Crippen LogP contribution < -0.4 is 5.32 Å². The third kappa shape index (κ3) is 4.06. The number of rotatable bonds is 4. The Morgan fingerprint density at radius 1 is 1.16 bits per heavy atom. The number of halogens is 2. The molecule has 0 amide bonds. The van der Waals surface area contributed by atoms with Crippen LogP contribution >= 0.6 is 15.9 Å². The maximum atomic E-state index is 13.0. The highest BCUT2D eigenvalue weighted by molar-refractivity contribution is 9.10. The summed E-state index contributed by atoms with van der Waals surface area (Å²) >= 11 is 3.43. The lowest BCUT2D eigenvalue weighted by Crippen LogP contribution is -2.18. The van der Waals surface area contributed by atoms with Gasteiger partial charge >= 0.3 is 0 Å². The van der Waals surface area contributed by atoms with Crippen LogP contribution in [0.4, 0.5) is 10.1 Å². The second-order valence-electron chi connectivity index (χ2n) is 4.84. The second kappa shape index (κ2) is 6.20. The molecule has 100 valence electrons. The highest BCUT2D eigenvalue weighted by Gasteiger charge is 2.06. The van der Waals surface area contributed by atoms with Crippen LogP contribution in [0.2, 0.25) is 0 Å². The molecule has 1 atom stereocenters. The highest BCUT2D eigenvalue weighted by Crippen LogP contribution is 2.18. The molecular weight excluding hydrogens is 305 g/mol. The van der Waals surface area contributed by atoms with Crippen LogP contribution in [0, 0.1) is 12.7 Å². The van der Waals surface area contributed by atoms with Crippen molar-refractivity contribution in [3.63, 3.8) is 0 Å². The second-order valence-corrected chi connectivity index (χ2v) is 5.75. The molecule has 3 heteroatoms. The molecule has 1 unspecified atom stereocenters. The van der Waals surface area contributed by atoms with Gasteiger partial charge in [0.2, 0.25) is 0 Å². The van der Waals surface area contributed by atoms with Gasteiger partial charge in [0, 0.05) is 16.2 Å². The Morgan fingerprint density at radius 3 is 2.47 bits per heavy atom. The van der Waals surface area contributed by atoms with Gasteiger partial charge in [-0.25, -0.2) is 4.39 Å². The number of hydrogen-bond donors (Lipinski definition) is 1. The molecule has 0 aliphatic carbocycles. The molecule has 0 aliphatic rings. The number of benzene rings is 2. The summed E-state index contributed by atoms with van der Waals surface area (Å²) in [6.45, 7) is 4.04. The van der Waals surface area contributed by atoms with Gasteiger partial charge in [0.15, 0.2) is 0 Å². The summed E-state index contributed by atoms with van der Waals surface area (Å²) in [4.78, 5) is 0. The molecule has 2 rings (SSSR count). The van der Waals surface area contributed by atoms with Crippen molar-refractivity contribution in [2.45, 2.75) is 26.3 Å². The van der Waals surface area contributed by atoms with E-state index in [9.17, 15) is 4.39 Å². The van der Waals surface area contributed by atoms with Gasteiger partial charge < -0.3 is 5.32 Å². The van der Waals surface area contributed by atoms with Crippen molar-refractivity contribution < 1.29 is 4.39 Å². The van der Waals surface area contributed by atoms with Crippen LogP contribution in [-0.2, 0) is 6.42 Å². The largest absolute Gasteiger partial charge is 0.382 e. The molecule has 2 aromatic rings. The third-order valence-electron chi connectivity index (χ3n) is 3.05. The zero-order valence-corrected chi connectivity index (χ0v) is 12.7. The molecule has 0 aromatic heterocycles. The highest BCUT2D eigenvalue weighted by atomic mass is 79.9. The van der Waals surface area contributed by atoms with Crippen molar-refractivity contribution in [2.24, 2.45) is 0 Å². The Bertz CT molecular complexity index is 551. The third-order valence-corrected chi connectivity index (χ3v) is 3.57. The SMILES string of the molecule is Cc1cc(F)ccc1NC(C)Cc1ccc(Br)cc1. The Labute approximate surface area is 122 Å².